The molecule has 134 valence electrons. The number of carbonyl (C=O) groups is 1. The molecule has 1 atom stereocenters. The molecule has 0 aliphatic heterocycles. The van der Waals surface area contributed by atoms with Crippen molar-refractivity contribution in [3.8, 4) is 11.1 Å². The van der Waals surface area contributed by atoms with Crippen LogP contribution in [0.4, 0.5) is 0 Å². The number of nitrogens with one attached hydrogen (secondary N) is 1. The van der Waals surface area contributed by atoms with E-state index in [0.717, 1.165) is 16.7 Å². The van der Waals surface area contributed by atoms with E-state index in [1.807, 2.05) is 55.5 Å². The molecule has 2 rings (SSSR count). The summed E-state index contributed by atoms with van der Waals surface area (Å²) in [6, 6.07) is 15.6. The molecule has 0 bridgehead atoms. The van der Waals surface area contributed by atoms with E-state index in [0.29, 0.717) is 12.1 Å². The predicted octanol–water partition coefficient (Wildman–Crippen LogP) is 3.99. The summed E-state index contributed by atoms with van der Waals surface area (Å²) >= 11 is 0. The summed E-state index contributed by atoms with van der Waals surface area (Å²) in [5, 5.41) is -0.435. The van der Waals surface area contributed by atoms with Gasteiger partial charge in [-0.05, 0) is 49.4 Å². The minimum atomic E-state index is -3.25. The van der Waals surface area contributed by atoms with Gasteiger partial charge in [-0.25, -0.2) is 13.1 Å². The first-order chi connectivity index (χ1) is 11.7. The predicted molar refractivity (Wildman–Crippen MR) is 102 cm³/mol. The molecule has 0 saturated heterocycles. The van der Waals surface area contributed by atoms with E-state index in [1.54, 1.807) is 20.8 Å². The highest BCUT2D eigenvalue weighted by Gasteiger charge is 2.17. The Hall–Kier alpha value is -1.98. The Labute approximate surface area is 150 Å². The van der Waals surface area contributed by atoms with E-state index in [9.17, 15) is 13.2 Å². The molecule has 25 heavy (non-hydrogen) atoms. The topological polar surface area (TPSA) is 63.2 Å². The van der Waals surface area contributed by atoms with Crippen molar-refractivity contribution in [1.82, 2.24) is 4.72 Å². The molecule has 5 heteroatoms. The standard InChI is InChI=1S/C20H25NO3S/c1-14(2)25(23,24)21-13-15(3)17-8-10-18(11-9-17)20-7-5-6-19(12-20)16(4)22/h5-12,14-15,21H,13H2,1-4H3. The first-order valence-electron chi connectivity index (χ1n) is 8.40. The number of hydrogen-bond donors (Lipinski definition) is 1. The second-order valence-electron chi connectivity index (χ2n) is 6.60. The van der Waals surface area contributed by atoms with Gasteiger partial charge in [0.25, 0.3) is 0 Å². The lowest BCUT2D eigenvalue weighted by molar-refractivity contribution is 0.101. The molecule has 1 N–H and O–H groups in total. The lowest BCUT2D eigenvalue weighted by Crippen LogP contribution is -2.33. The van der Waals surface area contributed by atoms with Crippen LogP contribution >= 0.6 is 0 Å². The van der Waals surface area contributed by atoms with Gasteiger partial charge in [-0.15, -0.1) is 0 Å². The molecule has 0 aliphatic rings. The molecule has 0 aromatic heterocycles. The normalized spacial score (nSPS) is 13.0. The lowest BCUT2D eigenvalue weighted by atomic mass is 9.96. The Morgan fingerprint density at radius 2 is 1.64 bits per heavy atom. The molecule has 0 amide bonds. The first-order valence-corrected chi connectivity index (χ1v) is 9.95. The number of carbonyl (C=O) groups excluding carboxylic acids is 1. The molecule has 0 fully saturated rings. The summed E-state index contributed by atoms with van der Waals surface area (Å²) < 4.78 is 26.4. The summed E-state index contributed by atoms with van der Waals surface area (Å²) in [5.41, 5.74) is 3.78. The quantitative estimate of drug-likeness (QED) is 0.760. The molecule has 0 radical (unpaired) electrons. The largest absolute Gasteiger partial charge is 0.295 e. The zero-order valence-electron chi connectivity index (χ0n) is 15.1. The van der Waals surface area contributed by atoms with Crippen LogP contribution in [0.2, 0.25) is 0 Å². The summed E-state index contributed by atoms with van der Waals surface area (Å²) in [6.45, 7) is 7.25. The second-order valence-corrected chi connectivity index (χ2v) is 8.92. The van der Waals surface area contributed by atoms with Gasteiger partial charge in [-0.2, -0.15) is 0 Å². The van der Waals surface area contributed by atoms with E-state index in [1.165, 1.54) is 0 Å². The fourth-order valence-corrected chi connectivity index (χ4v) is 3.26. The smallest absolute Gasteiger partial charge is 0.213 e. The molecule has 4 nitrogen and oxygen atoms in total. The summed E-state index contributed by atoms with van der Waals surface area (Å²) in [4.78, 5) is 11.5. The van der Waals surface area contributed by atoms with Gasteiger partial charge in [0, 0.05) is 12.1 Å². The minimum absolute atomic E-state index is 0.0459. The molecule has 0 heterocycles. The maximum atomic E-state index is 11.9. The van der Waals surface area contributed by atoms with Crippen LogP contribution in [-0.4, -0.2) is 26.0 Å². The molecule has 2 aromatic rings. The van der Waals surface area contributed by atoms with Crippen molar-refractivity contribution in [1.29, 1.82) is 0 Å². The fraction of sp³-hybridized carbons (Fsp3) is 0.350. The van der Waals surface area contributed by atoms with E-state index >= 15 is 0 Å². The Bertz CT molecular complexity index is 839. The highest BCUT2D eigenvalue weighted by atomic mass is 32.2. The fourth-order valence-electron chi connectivity index (χ4n) is 2.45. The van der Waals surface area contributed by atoms with Crippen LogP contribution in [0.1, 0.15) is 49.5 Å². The Kier molecular flexibility index (Phi) is 6.14. The zero-order valence-corrected chi connectivity index (χ0v) is 15.9. The van der Waals surface area contributed by atoms with Gasteiger partial charge in [0.1, 0.15) is 0 Å². The van der Waals surface area contributed by atoms with Crippen molar-refractivity contribution in [2.45, 2.75) is 38.9 Å². The first kappa shape index (κ1) is 19.3. The van der Waals surface area contributed by atoms with Crippen molar-refractivity contribution >= 4 is 15.8 Å². The number of sulfonamides is 1. The third-order valence-electron chi connectivity index (χ3n) is 4.29. The summed E-state index contributed by atoms with van der Waals surface area (Å²) in [7, 11) is -3.25. The third kappa shape index (κ3) is 5.00. The maximum Gasteiger partial charge on any atom is 0.213 e. The highest BCUT2D eigenvalue weighted by molar-refractivity contribution is 7.90. The van der Waals surface area contributed by atoms with Crippen LogP contribution in [0.25, 0.3) is 11.1 Å². The Morgan fingerprint density at radius 3 is 2.20 bits per heavy atom. The van der Waals surface area contributed by atoms with E-state index in [2.05, 4.69) is 4.72 Å². The Morgan fingerprint density at radius 1 is 1.00 bits per heavy atom. The third-order valence-corrected chi connectivity index (χ3v) is 6.10. The van der Waals surface area contributed by atoms with Gasteiger partial charge < -0.3 is 0 Å². The van der Waals surface area contributed by atoms with Crippen LogP contribution in [0, 0.1) is 0 Å². The van der Waals surface area contributed by atoms with E-state index in [4.69, 9.17) is 0 Å². The number of benzene rings is 2. The van der Waals surface area contributed by atoms with Crippen LogP contribution in [0.5, 0.6) is 0 Å². The van der Waals surface area contributed by atoms with Crippen molar-refractivity contribution in [3.63, 3.8) is 0 Å². The van der Waals surface area contributed by atoms with Crippen molar-refractivity contribution in [3.05, 3.63) is 59.7 Å². The van der Waals surface area contributed by atoms with Crippen LogP contribution in [0.3, 0.4) is 0 Å². The maximum absolute atomic E-state index is 11.9. The number of hydrogen-bond acceptors (Lipinski definition) is 3. The van der Waals surface area contributed by atoms with Gasteiger partial charge in [0.15, 0.2) is 5.78 Å². The molecular weight excluding hydrogens is 334 g/mol. The second kappa shape index (κ2) is 7.93. The number of rotatable bonds is 7. The minimum Gasteiger partial charge on any atom is -0.295 e. The van der Waals surface area contributed by atoms with Gasteiger partial charge in [0.05, 0.1) is 5.25 Å². The van der Waals surface area contributed by atoms with Crippen molar-refractivity contribution in [2.24, 2.45) is 0 Å². The molecule has 0 spiro atoms. The number of ketones is 1. The van der Waals surface area contributed by atoms with Crippen LogP contribution < -0.4 is 4.72 Å². The molecule has 0 aliphatic carbocycles. The number of Topliss-reactive ketones (excluding diaryl/α,β-unsaturated/α-hetero) is 1. The SMILES string of the molecule is CC(=O)c1cccc(-c2ccc(C(C)CNS(=O)(=O)C(C)C)cc2)c1. The summed E-state index contributed by atoms with van der Waals surface area (Å²) in [6.07, 6.45) is 0. The van der Waals surface area contributed by atoms with Crippen molar-refractivity contribution in [2.75, 3.05) is 6.54 Å². The van der Waals surface area contributed by atoms with E-state index < -0.39 is 15.3 Å². The van der Waals surface area contributed by atoms with Gasteiger partial charge >= 0.3 is 0 Å². The molecule has 2 aromatic carbocycles. The monoisotopic (exact) mass is 359 g/mol. The van der Waals surface area contributed by atoms with Crippen molar-refractivity contribution < 1.29 is 13.2 Å². The van der Waals surface area contributed by atoms with Gasteiger partial charge in [0.2, 0.25) is 10.0 Å². The van der Waals surface area contributed by atoms with Crippen LogP contribution in [-0.2, 0) is 10.0 Å². The molecule has 1 unspecified atom stereocenters. The van der Waals surface area contributed by atoms with Crippen LogP contribution in [0.15, 0.2) is 48.5 Å². The highest BCUT2D eigenvalue weighted by Crippen LogP contribution is 2.24. The molecule has 0 saturated carbocycles. The average molecular weight is 359 g/mol. The van der Waals surface area contributed by atoms with E-state index in [-0.39, 0.29) is 11.7 Å². The van der Waals surface area contributed by atoms with Gasteiger partial charge in [-0.3, -0.25) is 4.79 Å². The Balaban J connectivity index is 2.12. The van der Waals surface area contributed by atoms with Gasteiger partial charge in [-0.1, -0.05) is 49.4 Å². The summed E-state index contributed by atoms with van der Waals surface area (Å²) in [5.74, 6) is 0.121. The average Bonchev–Trinajstić information content (AvgIpc) is 2.60. The zero-order chi connectivity index (χ0) is 18.6. The lowest BCUT2D eigenvalue weighted by Gasteiger charge is -2.15. The molecular formula is C20H25NO3S.